The molecule has 0 radical (unpaired) electrons. The third kappa shape index (κ3) is 3.29. The summed E-state index contributed by atoms with van der Waals surface area (Å²) in [4.78, 5) is 18.5. The lowest BCUT2D eigenvalue weighted by molar-refractivity contribution is -0.117. The van der Waals surface area contributed by atoms with Crippen LogP contribution in [0.4, 0.5) is 5.69 Å². The van der Waals surface area contributed by atoms with Crippen LogP contribution in [-0.2, 0) is 24.4 Å². The second-order valence-corrected chi connectivity index (χ2v) is 5.20. The number of carbonyl (C=O) groups excluding carboxylic acids is 1. The van der Waals surface area contributed by atoms with Gasteiger partial charge >= 0.3 is 0 Å². The van der Waals surface area contributed by atoms with Gasteiger partial charge in [-0.25, -0.2) is 4.98 Å². The quantitative estimate of drug-likeness (QED) is 0.871. The van der Waals surface area contributed by atoms with E-state index in [4.69, 9.17) is 5.73 Å². The smallest absolute Gasteiger partial charge is 0.238 e. The molecule has 21 heavy (non-hydrogen) atoms. The number of nitrogens with zero attached hydrogens (tertiary/aromatic N) is 3. The Morgan fingerprint density at radius 1 is 1.38 bits per heavy atom. The molecule has 6 nitrogen and oxygen atoms in total. The molecule has 2 aromatic rings. The molecule has 1 aromatic carbocycles. The van der Waals surface area contributed by atoms with Gasteiger partial charge < -0.3 is 15.6 Å². The Hall–Kier alpha value is -2.18. The van der Waals surface area contributed by atoms with E-state index in [0.29, 0.717) is 19.6 Å². The molecule has 0 bridgehead atoms. The predicted molar refractivity (Wildman–Crippen MR) is 80.5 cm³/mol. The van der Waals surface area contributed by atoms with E-state index in [9.17, 15) is 4.79 Å². The normalized spacial score (nSPS) is 14.7. The molecule has 2 heterocycles. The highest BCUT2D eigenvalue weighted by Crippen LogP contribution is 2.12. The lowest BCUT2D eigenvalue weighted by Gasteiger charge is -2.26. The molecule has 0 fully saturated rings. The van der Waals surface area contributed by atoms with E-state index >= 15 is 0 Å². The minimum absolute atomic E-state index is 0.0100. The first-order valence-electron chi connectivity index (χ1n) is 7.06. The van der Waals surface area contributed by atoms with E-state index < -0.39 is 0 Å². The van der Waals surface area contributed by atoms with Crippen LogP contribution in [0.25, 0.3) is 0 Å². The van der Waals surface area contributed by atoms with Gasteiger partial charge in [0.25, 0.3) is 0 Å². The first kappa shape index (κ1) is 13.8. The predicted octanol–water partition coefficient (Wildman–Crippen LogP) is 0.796. The highest BCUT2D eigenvalue weighted by molar-refractivity contribution is 5.92. The highest BCUT2D eigenvalue weighted by Gasteiger charge is 2.18. The molecular weight excluding hydrogens is 266 g/mol. The number of hydrogen-bond donors (Lipinski definition) is 2. The summed E-state index contributed by atoms with van der Waals surface area (Å²) in [6.45, 7) is 3.30. The largest absolute Gasteiger partial charge is 0.333 e. The average Bonchev–Trinajstić information content (AvgIpc) is 2.95. The molecule has 0 spiro atoms. The fourth-order valence-electron chi connectivity index (χ4n) is 2.54. The van der Waals surface area contributed by atoms with Crippen molar-refractivity contribution < 1.29 is 4.79 Å². The fraction of sp³-hybridized carbons (Fsp3) is 0.333. The summed E-state index contributed by atoms with van der Waals surface area (Å²) in [6.07, 6.45) is 3.78. The summed E-state index contributed by atoms with van der Waals surface area (Å²) in [7, 11) is 0. The molecule has 6 heteroatoms. The highest BCUT2D eigenvalue weighted by atomic mass is 16.2. The molecule has 0 aliphatic carbocycles. The van der Waals surface area contributed by atoms with Crippen LogP contribution >= 0.6 is 0 Å². The lowest BCUT2D eigenvalue weighted by Crippen LogP contribution is -2.39. The summed E-state index contributed by atoms with van der Waals surface area (Å²) in [5.41, 5.74) is 7.40. The number of nitrogens with two attached hydrogens (primary N) is 1. The van der Waals surface area contributed by atoms with Crippen molar-refractivity contribution in [3.8, 4) is 0 Å². The van der Waals surface area contributed by atoms with E-state index in [-0.39, 0.29) is 5.91 Å². The second kappa shape index (κ2) is 6.07. The van der Waals surface area contributed by atoms with E-state index in [0.717, 1.165) is 30.2 Å². The zero-order chi connectivity index (χ0) is 14.7. The molecule has 1 amide bonds. The zero-order valence-electron chi connectivity index (χ0n) is 11.8. The molecule has 3 rings (SSSR count). The van der Waals surface area contributed by atoms with Gasteiger partial charge in [-0.3, -0.25) is 9.69 Å². The summed E-state index contributed by atoms with van der Waals surface area (Å²) in [5.74, 6) is 1.00. The van der Waals surface area contributed by atoms with Crippen LogP contribution in [0.15, 0.2) is 36.7 Å². The van der Waals surface area contributed by atoms with E-state index in [1.807, 2.05) is 30.5 Å². The van der Waals surface area contributed by atoms with Crippen molar-refractivity contribution in [3.05, 3.63) is 48.0 Å². The van der Waals surface area contributed by atoms with Crippen LogP contribution in [0.5, 0.6) is 0 Å². The number of hydrogen-bond acceptors (Lipinski definition) is 4. The van der Waals surface area contributed by atoms with E-state index in [2.05, 4.69) is 19.8 Å². The minimum atomic E-state index is -0.0100. The van der Waals surface area contributed by atoms with Gasteiger partial charge in [0.15, 0.2) is 0 Å². The second-order valence-electron chi connectivity index (χ2n) is 5.20. The number of aromatic nitrogens is 2. The van der Waals surface area contributed by atoms with Gasteiger partial charge in [0.2, 0.25) is 5.91 Å². The zero-order valence-corrected chi connectivity index (χ0v) is 11.8. The van der Waals surface area contributed by atoms with Crippen molar-refractivity contribution >= 4 is 11.6 Å². The third-order valence-corrected chi connectivity index (χ3v) is 3.64. The molecule has 0 atom stereocenters. The molecule has 0 saturated carbocycles. The number of fused-ring (bicyclic) bond motifs is 1. The number of anilines is 1. The molecule has 0 saturated heterocycles. The Kier molecular flexibility index (Phi) is 3.98. The summed E-state index contributed by atoms with van der Waals surface area (Å²) in [5, 5.41) is 2.92. The molecule has 1 aliphatic rings. The molecule has 1 aromatic heterocycles. The van der Waals surface area contributed by atoms with Crippen LogP contribution in [0.1, 0.15) is 11.4 Å². The van der Waals surface area contributed by atoms with Crippen molar-refractivity contribution in [2.45, 2.75) is 19.6 Å². The summed E-state index contributed by atoms with van der Waals surface area (Å²) in [6, 6.07) is 7.62. The standard InChI is InChI=1S/C15H19N5O/c16-9-12-2-1-3-13(8-12)18-15(21)11-19-6-7-20-5-4-17-14(20)10-19/h1-5,8H,6-7,9-11,16H2,(H,18,21). The SMILES string of the molecule is NCc1cccc(NC(=O)CN2CCn3ccnc3C2)c1. The maximum absolute atomic E-state index is 12.1. The van der Waals surface area contributed by atoms with Gasteiger partial charge in [-0.2, -0.15) is 0 Å². The maximum Gasteiger partial charge on any atom is 0.238 e. The summed E-state index contributed by atoms with van der Waals surface area (Å²) >= 11 is 0. The van der Waals surface area contributed by atoms with Gasteiger partial charge in [-0.1, -0.05) is 12.1 Å². The Bertz CT molecular complexity index is 636. The van der Waals surface area contributed by atoms with Crippen molar-refractivity contribution in [2.24, 2.45) is 5.73 Å². The van der Waals surface area contributed by atoms with Crippen molar-refractivity contribution in [1.82, 2.24) is 14.5 Å². The van der Waals surface area contributed by atoms with Gasteiger partial charge in [0.05, 0.1) is 13.1 Å². The van der Waals surface area contributed by atoms with Crippen LogP contribution in [-0.4, -0.2) is 33.4 Å². The van der Waals surface area contributed by atoms with Crippen LogP contribution in [0.2, 0.25) is 0 Å². The van der Waals surface area contributed by atoms with Gasteiger partial charge in [0, 0.05) is 37.7 Å². The number of rotatable bonds is 4. The van der Waals surface area contributed by atoms with Crippen molar-refractivity contribution in [3.63, 3.8) is 0 Å². The summed E-state index contributed by atoms with van der Waals surface area (Å²) < 4.78 is 2.12. The Morgan fingerprint density at radius 3 is 3.14 bits per heavy atom. The molecular formula is C15H19N5O. The third-order valence-electron chi connectivity index (χ3n) is 3.64. The number of imidazole rings is 1. The average molecular weight is 285 g/mol. The van der Waals surface area contributed by atoms with E-state index in [1.54, 1.807) is 6.20 Å². The van der Waals surface area contributed by atoms with Gasteiger partial charge in [-0.15, -0.1) is 0 Å². The first-order valence-corrected chi connectivity index (χ1v) is 7.06. The van der Waals surface area contributed by atoms with Gasteiger partial charge in [-0.05, 0) is 17.7 Å². The minimum Gasteiger partial charge on any atom is -0.333 e. The fourth-order valence-corrected chi connectivity index (χ4v) is 2.54. The van der Waals surface area contributed by atoms with Crippen LogP contribution < -0.4 is 11.1 Å². The number of nitrogens with one attached hydrogen (secondary N) is 1. The molecule has 0 unspecified atom stereocenters. The topological polar surface area (TPSA) is 76.2 Å². The van der Waals surface area contributed by atoms with Crippen molar-refractivity contribution in [2.75, 3.05) is 18.4 Å². The molecule has 3 N–H and O–H groups in total. The molecule has 1 aliphatic heterocycles. The lowest BCUT2D eigenvalue weighted by atomic mass is 10.2. The number of amides is 1. The maximum atomic E-state index is 12.1. The van der Waals surface area contributed by atoms with Crippen molar-refractivity contribution in [1.29, 1.82) is 0 Å². The van der Waals surface area contributed by atoms with Crippen LogP contribution in [0.3, 0.4) is 0 Å². The monoisotopic (exact) mass is 285 g/mol. The number of carbonyl (C=O) groups is 1. The first-order chi connectivity index (χ1) is 10.2. The van der Waals surface area contributed by atoms with E-state index in [1.165, 1.54) is 0 Å². The Labute approximate surface area is 123 Å². The number of benzene rings is 1. The Balaban J connectivity index is 1.57. The van der Waals surface area contributed by atoms with Crippen LogP contribution in [0, 0.1) is 0 Å². The van der Waals surface area contributed by atoms with Gasteiger partial charge in [0.1, 0.15) is 5.82 Å². The molecule has 110 valence electrons. The Morgan fingerprint density at radius 2 is 2.29 bits per heavy atom.